The third-order valence-electron chi connectivity index (χ3n) is 3.59. The number of carbonyl (C=O) groups is 2. The molecule has 0 bridgehead atoms. The molecular formula is C17H24Cl2N2O2. The normalized spacial score (nSPS) is 11.9. The summed E-state index contributed by atoms with van der Waals surface area (Å²) < 4.78 is 0. The van der Waals surface area contributed by atoms with Crippen molar-refractivity contribution in [2.24, 2.45) is 0 Å². The van der Waals surface area contributed by atoms with Crippen LogP contribution < -0.4 is 5.32 Å². The van der Waals surface area contributed by atoms with Crippen LogP contribution in [0.25, 0.3) is 0 Å². The van der Waals surface area contributed by atoms with Crippen LogP contribution in [-0.2, 0) is 16.1 Å². The summed E-state index contributed by atoms with van der Waals surface area (Å²) in [4.78, 5) is 26.3. The third-order valence-corrected chi connectivity index (χ3v) is 4.18. The summed E-state index contributed by atoms with van der Waals surface area (Å²) in [5, 5.41) is 3.90. The van der Waals surface area contributed by atoms with Crippen molar-refractivity contribution in [3.8, 4) is 0 Å². The molecule has 128 valence electrons. The van der Waals surface area contributed by atoms with Crippen LogP contribution in [-0.4, -0.2) is 29.3 Å². The predicted molar refractivity (Wildman–Crippen MR) is 94.7 cm³/mol. The van der Waals surface area contributed by atoms with Crippen LogP contribution in [0.4, 0.5) is 0 Å². The van der Waals surface area contributed by atoms with Gasteiger partial charge in [0, 0.05) is 29.6 Å². The van der Waals surface area contributed by atoms with Gasteiger partial charge in [0.25, 0.3) is 0 Å². The van der Waals surface area contributed by atoms with Gasteiger partial charge in [-0.2, -0.15) is 0 Å². The first-order chi connectivity index (χ1) is 10.9. The van der Waals surface area contributed by atoms with Gasteiger partial charge in [0.2, 0.25) is 11.8 Å². The minimum atomic E-state index is -0.499. The van der Waals surface area contributed by atoms with Crippen LogP contribution in [0.3, 0.4) is 0 Å². The molecule has 0 aliphatic carbocycles. The molecule has 0 unspecified atom stereocenters. The molecule has 0 aliphatic heterocycles. The number of carbonyl (C=O) groups excluding carboxylic acids is 2. The molecule has 0 saturated carbocycles. The molecule has 0 radical (unpaired) electrons. The molecule has 0 aliphatic rings. The number of nitrogens with zero attached hydrogens (tertiary/aromatic N) is 1. The maximum Gasteiger partial charge on any atom is 0.242 e. The molecule has 2 amide bonds. The summed E-state index contributed by atoms with van der Waals surface area (Å²) in [6.45, 7) is 6.57. The topological polar surface area (TPSA) is 49.4 Å². The van der Waals surface area contributed by atoms with E-state index in [1.54, 1.807) is 30.0 Å². The fourth-order valence-electron chi connectivity index (χ4n) is 2.32. The van der Waals surface area contributed by atoms with Gasteiger partial charge in [-0.3, -0.25) is 9.59 Å². The lowest BCUT2D eigenvalue weighted by atomic mass is 10.1. The Balaban J connectivity index is 3.02. The molecule has 23 heavy (non-hydrogen) atoms. The molecule has 1 N–H and O–H groups in total. The van der Waals surface area contributed by atoms with Gasteiger partial charge in [-0.05, 0) is 30.5 Å². The van der Waals surface area contributed by atoms with Gasteiger partial charge in [0.05, 0.1) is 0 Å². The lowest BCUT2D eigenvalue weighted by molar-refractivity contribution is -0.141. The highest BCUT2D eigenvalue weighted by Crippen LogP contribution is 2.24. The van der Waals surface area contributed by atoms with E-state index in [0.717, 1.165) is 12.0 Å². The van der Waals surface area contributed by atoms with Crippen molar-refractivity contribution < 1.29 is 9.59 Å². The maximum atomic E-state index is 12.4. The molecule has 6 heteroatoms. The highest BCUT2D eigenvalue weighted by molar-refractivity contribution is 6.35. The van der Waals surface area contributed by atoms with Crippen LogP contribution in [0.5, 0.6) is 0 Å². The van der Waals surface area contributed by atoms with Crippen molar-refractivity contribution in [2.45, 2.75) is 52.6 Å². The van der Waals surface area contributed by atoms with Crippen LogP contribution in [0.1, 0.15) is 45.6 Å². The Morgan fingerprint density at radius 1 is 1.22 bits per heavy atom. The Morgan fingerprint density at radius 2 is 1.91 bits per heavy atom. The molecular weight excluding hydrogens is 335 g/mol. The quantitative estimate of drug-likeness (QED) is 0.762. The minimum absolute atomic E-state index is 0.0745. The Bertz CT molecular complexity index is 549. The van der Waals surface area contributed by atoms with Crippen molar-refractivity contribution >= 4 is 35.0 Å². The summed E-state index contributed by atoms with van der Waals surface area (Å²) >= 11 is 12.1. The molecule has 0 fully saturated rings. The van der Waals surface area contributed by atoms with Crippen LogP contribution in [0.15, 0.2) is 18.2 Å². The number of benzene rings is 1. The van der Waals surface area contributed by atoms with E-state index in [4.69, 9.17) is 23.2 Å². The molecule has 1 aromatic rings. The van der Waals surface area contributed by atoms with Gasteiger partial charge in [-0.15, -0.1) is 0 Å². The smallest absolute Gasteiger partial charge is 0.242 e. The SMILES string of the molecule is CCCNC(=O)[C@H](CC)N(Cc1ccc(Cl)cc1Cl)C(=O)CC. The highest BCUT2D eigenvalue weighted by atomic mass is 35.5. The van der Waals surface area contributed by atoms with Crippen molar-refractivity contribution in [1.29, 1.82) is 0 Å². The first kappa shape index (κ1) is 19.8. The number of nitrogens with one attached hydrogen (secondary N) is 1. The summed E-state index contributed by atoms with van der Waals surface area (Å²) in [5.74, 6) is -0.198. The first-order valence-electron chi connectivity index (χ1n) is 7.95. The van der Waals surface area contributed by atoms with Crippen molar-refractivity contribution in [2.75, 3.05) is 6.54 Å². The molecule has 1 rings (SSSR count). The van der Waals surface area contributed by atoms with Gasteiger partial charge < -0.3 is 10.2 Å². The number of amides is 2. The zero-order valence-electron chi connectivity index (χ0n) is 13.9. The molecule has 0 aromatic heterocycles. The average Bonchev–Trinajstić information content (AvgIpc) is 2.53. The van der Waals surface area contributed by atoms with E-state index in [1.165, 1.54) is 0 Å². The molecule has 4 nitrogen and oxygen atoms in total. The second-order valence-electron chi connectivity index (χ2n) is 5.33. The lowest BCUT2D eigenvalue weighted by Crippen LogP contribution is -2.49. The van der Waals surface area contributed by atoms with Gasteiger partial charge in [-0.25, -0.2) is 0 Å². The number of rotatable bonds is 8. The van der Waals surface area contributed by atoms with Gasteiger partial charge >= 0.3 is 0 Å². The van der Waals surface area contributed by atoms with E-state index >= 15 is 0 Å². The van der Waals surface area contributed by atoms with Gasteiger partial charge in [-0.1, -0.05) is 50.0 Å². The monoisotopic (exact) mass is 358 g/mol. The Hall–Kier alpha value is -1.26. The molecule has 0 spiro atoms. The largest absolute Gasteiger partial charge is 0.354 e. The maximum absolute atomic E-state index is 12.4. The summed E-state index contributed by atoms with van der Waals surface area (Å²) in [5.41, 5.74) is 0.777. The lowest BCUT2D eigenvalue weighted by Gasteiger charge is -2.30. The van der Waals surface area contributed by atoms with E-state index in [0.29, 0.717) is 36.0 Å². The van der Waals surface area contributed by atoms with Crippen molar-refractivity contribution in [3.63, 3.8) is 0 Å². The van der Waals surface area contributed by atoms with E-state index < -0.39 is 6.04 Å². The predicted octanol–water partition coefficient (Wildman–Crippen LogP) is 4.04. The standard InChI is InChI=1S/C17H24Cl2N2O2/c1-4-9-20-17(23)15(5-2)21(16(22)6-3)11-12-7-8-13(18)10-14(12)19/h7-8,10,15H,4-6,9,11H2,1-3H3,(H,20,23)/t15-/m0/s1. The van der Waals surface area contributed by atoms with E-state index in [9.17, 15) is 9.59 Å². The Kier molecular flexibility index (Phi) is 8.42. The van der Waals surface area contributed by atoms with Crippen LogP contribution >= 0.6 is 23.2 Å². The van der Waals surface area contributed by atoms with Crippen molar-refractivity contribution in [3.05, 3.63) is 33.8 Å². The van der Waals surface area contributed by atoms with Gasteiger partial charge in [0.15, 0.2) is 0 Å². The van der Waals surface area contributed by atoms with E-state index in [1.807, 2.05) is 13.8 Å². The number of hydrogen-bond donors (Lipinski definition) is 1. The summed E-state index contributed by atoms with van der Waals surface area (Å²) in [7, 11) is 0. The zero-order valence-corrected chi connectivity index (χ0v) is 15.4. The molecule has 1 atom stereocenters. The second-order valence-corrected chi connectivity index (χ2v) is 6.17. The first-order valence-corrected chi connectivity index (χ1v) is 8.71. The fourth-order valence-corrected chi connectivity index (χ4v) is 2.79. The summed E-state index contributed by atoms with van der Waals surface area (Å²) in [6, 6.07) is 4.67. The minimum Gasteiger partial charge on any atom is -0.354 e. The van der Waals surface area contributed by atoms with E-state index in [-0.39, 0.29) is 11.8 Å². The van der Waals surface area contributed by atoms with E-state index in [2.05, 4.69) is 5.32 Å². The molecule has 0 saturated heterocycles. The number of halogens is 2. The van der Waals surface area contributed by atoms with Crippen LogP contribution in [0, 0.1) is 0 Å². The zero-order chi connectivity index (χ0) is 17.4. The average molecular weight is 359 g/mol. The Labute approximate surface area is 148 Å². The fraction of sp³-hybridized carbons (Fsp3) is 0.529. The second kappa shape index (κ2) is 9.78. The Morgan fingerprint density at radius 3 is 2.43 bits per heavy atom. The number of hydrogen-bond acceptors (Lipinski definition) is 2. The highest BCUT2D eigenvalue weighted by Gasteiger charge is 2.27. The molecule has 1 aromatic carbocycles. The summed E-state index contributed by atoms with van der Waals surface area (Å²) in [6.07, 6.45) is 1.74. The molecule has 0 heterocycles. The van der Waals surface area contributed by atoms with Crippen LogP contribution in [0.2, 0.25) is 10.0 Å². The van der Waals surface area contributed by atoms with Gasteiger partial charge in [0.1, 0.15) is 6.04 Å². The third kappa shape index (κ3) is 5.70. The van der Waals surface area contributed by atoms with Crippen molar-refractivity contribution in [1.82, 2.24) is 10.2 Å².